The van der Waals surface area contributed by atoms with E-state index in [0.717, 1.165) is 36.8 Å². The third-order valence-electron chi connectivity index (χ3n) is 5.65. The van der Waals surface area contributed by atoms with E-state index in [-0.39, 0.29) is 5.41 Å². The van der Waals surface area contributed by atoms with E-state index in [9.17, 15) is 5.11 Å². The van der Waals surface area contributed by atoms with Gasteiger partial charge in [0.05, 0.1) is 5.60 Å². The molecule has 1 aromatic carbocycles. The first kappa shape index (κ1) is 15.5. The smallest absolute Gasteiger partial charge is 0.0939 e. The van der Waals surface area contributed by atoms with Gasteiger partial charge in [-0.3, -0.25) is 0 Å². The first-order valence-electron chi connectivity index (χ1n) is 7.73. The number of aryl methyl sites for hydroxylation is 1. The van der Waals surface area contributed by atoms with Crippen LogP contribution in [0.3, 0.4) is 0 Å². The number of hydrogen-bond acceptors (Lipinski definition) is 2. The molecule has 1 aliphatic rings. The quantitative estimate of drug-likeness (QED) is 0.882. The summed E-state index contributed by atoms with van der Waals surface area (Å²) >= 11 is 0. The predicted molar refractivity (Wildman–Crippen MR) is 84.5 cm³/mol. The number of aliphatic hydroxyl groups is 1. The molecule has 3 N–H and O–H groups in total. The molecule has 1 atom stereocenters. The molecule has 0 aliphatic heterocycles. The van der Waals surface area contributed by atoms with Gasteiger partial charge in [-0.15, -0.1) is 0 Å². The molecule has 2 rings (SSSR count). The Balaban J connectivity index is 2.38. The minimum atomic E-state index is -0.858. The third kappa shape index (κ3) is 2.51. The van der Waals surface area contributed by atoms with Crippen molar-refractivity contribution in [3.05, 3.63) is 35.4 Å². The molecular weight excluding hydrogens is 246 g/mol. The second kappa shape index (κ2) is 5.16. The van der Waals surface area contributed by atoms with Crippen molar-refractivity contribution in [3.63, 3.8) is 0 Å². The van der Waals surface area contributed by atoms with Gasteiger partial charge in [0, 0.05) is 12.0 Å². The van der Waals surface area contributed by atoms with Gasteiger partial charge in [0.2, 0.25) is 0 Å². The van der Waals surface area contributed by atoms with E-state index < -0.39 is 5.60 Å². The van der Waals surface area contributed by atoms with Crippen molar-refractivity contribution < 1.29 is 5.11 Å². The van der Waals surface area contributed by atoms with Gasteiger partial charge in [0.25, 0.3) is 0 Å². The zero-order valence-corrected chi connectivity index (χ0v) is 13.4. The highest BCUT2D eigenvalue weighted by atomic mass is 16.3. The van der Waals surface area contributed by atoms with Gasteiger partial charge in [0.1, 0.15) is 0 Å². The first-order valence-corrected chi connectivity index (χ1v) is 7.73. The fourth-order valence-electron chi connectivity index (χ4n) is 3.70. The molecule has 1 fully saturated rings. The summed E-state index contributed by atoms with van der Waals surface area (Å²) in [5.41, 5.74) is 7.64. The molecule has 1 aromatic rings. The number of hydrogen-bond donors (Lipinski definition) is 2. The van der Waals surface area contributed by atoms with Gasteiger partial charge < -0.3 is 10.8 Å². The van der Waals surface area contributed by atoms with Crippen LogP contribution in [0.5, 0.6) is 0 Å². The first-order chi connectivity index (χ1) is 9.24. The number of rotatable bonds is 3. The van der Waals surface area contributed by atoms with Gasteiger partial charge in [-0.05, 0) is 56.1 Å². The molecule has 2 nitrogen and oxygen atoms in total. The van der Waals surface area contributed by atoms with Crippen molar-refractivity contribution in [1.29, 1.82) is 0 Å². The van der Waals surface area contributed by atoms with Crippen LogP contribution in [0.4, 0.5) is 0 Å². The summed E-state index contributed by atoms with van der Waals surface area (Å²) in [6.45, 7) is 9.21. The fraction of sp³-hybridized carbons (Fsp3) is 0.667. The lowest BCUT2D eigenvalue weighted by Crippen LogP contribution is -2.51. The molecule has 0 heterocycles. The van der Waals surface area contributed by atoms with Gasteiger partial charge in [-0.1, -0.05) is 38.1 Å². The maximum atomic E-state index is 11.3. The minimum absolute atomic E-state index is 0.200. The molecule has 1 saturated carbocycles. The number of nitrogens with two attached hydrogens (primary N) is 1. The average molecular weight is 275 g/mol. The van der Waals surface area contributed by atoms with Crippen LogP contribution in [0.1, 0.15) is 57.6 Å². The highest BCUT2D eigenvalue weighted by molar-refractivity contribution is 5.33. The molecule has 2 heteroatoms. The van der Waals surface area contributed by atoms with Crippen LogP contribution in [-0.4, -0.2) is 11.7 Å². The third-order valence-corrected chi connectivity index (χ3v) is 5.65. The molecule has 20 heavy (non-hydrogen) atoms. The van der Waals surface area contributed by atoms with E-state index in [1.807, 2.05) is 25.1 Å². The van der Waals surface area contributed by atoms with Crippen LogP contribution in [0.15, 0.2) is 24.3 Å². The molecule has 0 amide bonds. The Kier molecular flexibility index (Phi) is 4.01. The van der Waals surface area contributed by atoms with Crippen LogP contribution < -0.4 is 5.73 Å². The molecule has 0 saturated heterocycles. The second-order valence-corrected chi connectivity index (χ2v) is 7.54. The summed E-state index contributed by atoms with van der Waals surface area (Å²) < 4.78 is 0. The van der Waals surface area contributed by atoms with Gasteiger partial charge in [-0.25, -0.2) is 0 Å². The van der Waals surface area contributed by atoms with E-state index in [1.54, 1.807) is 0 Å². The molecule has 0 radical (unpaired) electrons. The zero-order valence-electron chi connectivity index (χ0n) is 13.4. The van der Waals surface area contributed by atoms with E-state index in [4.69, 9.17) is 5.73 Å². The normalized spacial score (nSPS) is 24.1. The molecule has 112 valence electrons. The Hall–Kier alpha value is -0.860. The van der Waals surface area contributed by atoms with E-state index in [2.05, 4.69) is 26.8 Å². The molecule has 0 aromatic heterocycles. The van der Waals surface area contributed by atoms with Gasteiger partial charge in [0.15, 0.2) is 0 Å². The summed E-state index contributed by atoms with van der Waals surface area (Å²) in [5, 5.41) is 11.3. The zero-order chi connectivity index (χ0) is 15.0. The van der Waals surface area contributed by atoms with Gasteiger partial charge >= 0.3 is 0 Å². The Labute approximate surface area is 123 Å². The summed E-state index contributed by atoms with van der Waals surface area (Å²) in [6, 6.07) is 8.15. The van der Waals surface area contributed by atoms with Crippen LogP contribution in [0.2, 0.25) is 0 Å². The SMILES string of the molecule is Cc1ccccc1C(C)(O)C1(CN)CCC(C)(C)CC1. The van der Waals surface area contributed by atoms with Crippen LogP contribution in [0, 0.1) is 17.8 Å². The minimum Gasteiger partial charge on any atom is -0.385 e. The van der Waals surface area contributed by atoms with Crippen LogP contribution in [-0.2, 0) is 5.60 Å². The Morgan fingerprint density at radius 1 is 1.15 bits per heavy atom. The maximum Gasteiger partial charge on any atom is 0.0939 e. The van der Waals surface area contributed by atoms with E-state index in [1.165, 1.54) is 0 Å². The monoisotopic (exact) mass is 275 g/mol. The summed E-state index contributed by atoms with van der Waals surface area (Å²) in [7, 11) is 0. The summed E-state index contributed by atoms with van der Waals surface area (Å²) in [6.07, 6.45) is 4.26. The van der Waals surface area contributed by atoms with Crippen molar-refractivity contribution in [1.82, 2.24) is 0 Å². The summed E-state index contributed by atoms with van der Waals surface area (Å²) in [4.78, 5) is 0. The molecule has 1 aliphatic carbocycles. The lowest BCUT2D eigenvalue weighted by Gasteiger charge is -2.51. The van der Waals surface area contributed by atoms with Crippen LogP contribution >= 0.6 is 0 Å². The molecule has 1 unspecified atom stereocenters. The Morgan fingerprint density at radius 2 is 1.70 bits per heavy atom. The fourth-order valence-corrected chi connectivity index (χ4v) is 3.70. The van der Waals surface area contributed by atoms with Crippen molar-refractivity contribution in [2.75, 3.05) is 6.54 Å². The molecule has 0 spiro atoms. The van der Waals surface area contributed by atoms with Crippen LogP contribution in [0.25, 0.3) is 0 Å². The van der Waals surface area contributed by atoms with E-state index >= 15 is 0 Å². The van der Waals surface area contributed by atoms with Crippen molar-refractivity contribution in [3.8, 4) is 0 Å². The second-order valence-electron chi connectivity index (χ2n) is 7.54. The van der Waals surface area contributed by atoms with Gasteiger partial charge in [-0.2, -0.15) is 0 Å². The standard InChI is InChI=1S/C18H29NO/c1-14-7-5-6-8-15(14)17(4,20)18(13-19)11-9-16(2,3)10-12-18/h5-8,20H,9-13,19H2,1-4H3. The Morgan fingerprint density at radius 3 is 2.20 bits per heavy atom. The van der Waals surface area contributed by atoms with Crippen molar-refractivity contribution in [2.45, 2.75) is 59.0 Å². The summed E-state index contributed by atoms with van der Waals surface area (Å²) in [5.74, 6) is 0. The number of benzene rings is 1. The highest BCUT2D eigenvalue weighted by Crippen LogP contribution is 2.53. The maximum absolute atomic E-state index is 11.3. The van der Waals surface area contributed by atoms with E-state index in [0.29, 0.717) is 12.0 Å². The lowest BCUT2D eigenvalue weighted by molar-refractivity contribution is -0.106. The molecular formula is C18H29NO. The highest BCUT2D eigenvalue weighted by Gasteiger charge is 2.50. The predicted octanol–water partition coefficient (Wildman–Crippen LogP) is 3.75. The average Bonchev–Trinajstić information content (AvgIpc) is 2.39. The molecule has 0 bridgehead atoms. The van der Waals surface area contributed by atoms with Crippen molar-refractivity contribution >= 4 is 0 Å². The topological polar surface area (TPSA) is 46.2 Å². The largest absolute Gasteiger partial charge is 0.385 e. The Bertz CT molecular complexity index is 466. The lowest BCUT2D eigenvalue weighted by atomic mass is 9.57. The van der Waals surface area contributed by atoms with Crippen molar-refractivity contribution in [2.24, 2.45) is 16.6 Å².